The fourth-order valence-electron chi connectivity index (χ4n) is 3.13. The first-order valence-electron chi connectivity index (χ1n) is 8.22. The van der Waals surface area contributed by atoms with Crippen molar-refractivity contribution in [3.8, 4) is 23.0 Å². The van der Waals surface area contributed by atoms with Gasteiger partial charge in [-0.05, 0) is 37.3 Å². The molecule has 0 spiro atoms. The Labute approximate surface area is 146 Å². The number of methoxy groups -OCH3 is 2. The quantitative estimate of drug-likeness (QED) is 0.496. The van der Waals surface area contributed by atoms with E-state index in [1.807, 2.05) is 13.0 Å². The Morgan fingerprint density at radius 2 is 1.64 bits per heavy atom. The van der Waals surface area contributed by atoms with Gasteiger partial charge in [-0.1, -0.05) is 18.6 Å². The van der Waals surface area contributed by atoms with Crippen molar-refractivity contribution in [2.75, 3.05) is 14.2 Å². The zero-order valence-electron chi connectivity index (χ0n) is 14.8. The van der Waals surface area contributed by atoms with Crippen LogP contribution in [0.2, 0.25) is 0 Å². The van der Waals surface area contributed by atoms with Gasteiger partial charge in [0.25, 0.3) is 0 Å². The SMILES string of the molecule is COc1c(OC)c(O)c2c(C)c(CCCCCC(=O)O)ccc2c1O. The van der Waals surface area contributed by atoms with Crippen LogP contribution in [0.5, 0.6) is 23.0 Å². The van der Waals surface area contributed by atoms with E-state index in [4.69, 9.17) is 14.6 Å². The number of phenolic OH excluding ortho intramolecular Hbond substituents is 2. The van der Waals surface area contributed by atoms with Crippen molar-refractivity contribution in [3.05, 3.63) is 23.3 Å². The molecule has 0 saturated carbocycles. The molecule has 0 radical (unpaired) electrons. The van der Waals surface area contributed by atoms with Crippen molar-refractivity contribution in [1.82, 2.24) is 0 Å². The minimum atomic E-state index is -0.775. The van der Waals surface area contributed by atoms with E-state index in [1.54, 1.807) is 6.07 Å². The molecule has 2 rings (SSSR count). The highest BCUT2D eigenvalue weighted by Gasteiger charge is 2.22. The first-order valence-corrected chi connectivity index (χ1v) is 8.22. The second-order valence-corrected chi connectivity index (χ2v) is 5.99. The number of aliphatic carboxylic acids is 1. The summed E-state index contributed by atoms with van der Waals surface area (Å²) in [6.07, 6.45) is 3.30. The van der Waals surface area contributed by atoms with Crippen LogP contribution in [-0.4, -0.2) is 35.5 Å². The number of carboxylic acids is 1. The monoisotopic (exact) mass is 348 g/mol. The molecule has 6 nitrogen and oxygen atoms in total. The van der Waals surface area contributed by atoms with Crippen LogP contribution in [0.3, 0.4) is 0 Å². The number of aryl methyl sites for hydroxylation is 2. The van der Waals surface area contributed by atoms with Gasteiger partial charge in [0.05, 0.1) is 14.2 Å². The summed E-state index contributed by atoms with van der Waals surface area (Å²) in [7, 11) is 2.81. The van der Waals surface area contributed by atoms with Crippen molar-refractivity contribution in [2.24, 2.45) is 0 Å². The molecule has 25 heavy (non-hydrogen) atoms. The number of hydrogen-bond donors (Lipinski definition) is 3. The normalized spacial score (nSPS) is 10.8. The van der Waals surface area contributed by atoms with Gasteiger partial charge in [0.1, 0.15) is 0 Å². The molecule has 3 N–H and O–H groups in total. The van der Waals surface area contributed by atoms with Crippen molar-refractivity contribution in [3.63, 3.8) is 0 Å². The van der Waals surface area contributed by atoms with E-state index >= 15 is 0 Å². The summed E-state index contributed by atoms with van der Waals surface area (Å²) in [5.41, 5.74) is 1.91. The Morgan fingerprint density at radius 1 is 1.00 bits per heavy atom. The summed E-state index contributed by atoms with van der Waals surface area (Å²) < 4.78 is 10.3. The first kappa shape index (κ1) is 18.7. The molecule has 0 atom stereocenters. The number of carbonyl (C=O) groups is 1. The highest BCUT2D eigenvalue weighted by atomic mass is 16.5. The maximum absolute atomic E-state index is 10.6. The Hall–Kier alpha value is -2.63. The summed E-state index contributed by atoms with van der Waals surface area (Å²) in [5, 5.41) is 30.7. The molecule has 0 aliphatic carbocycles. The van der Waals surface area contributed by atoms with Crippen LogP contribution in [0, 0.1) is 6.92 Å². The van der Waals surface area contributed by atoms with Gasteiger partial charge in [0.2, 0.25) is 11.5 Å². The van der Waals surface area contributed by atoms with Gasteiger partial charge in [0, 0.05) is 17.2 Å². The van der Waals surface area contributed by atoms with E-state index < -0.39 is 5.97 Å². The molecule has 0 bridgehead atoms. The topological polar surface area (TPSA) is 96.2 Å². The number of rotatable bonds is 8. The van der Waals surface area contributed by atoms with Gasteiger partial charge < -0.3 is 24.8 Å². The highest BCUT2D eigenvalue weighted by molar-refractivity contribution is 6.00. The number of unbranched alkanes of at least 4 members (excludes halogenated alkanes) is 2. The fraction of sp³-hybridized carbons (Fsp3) is 0.421. The maximum Gasteiger partial charge on any atom is 0.303 e. The molecule has 0 aliphatic heterocycles. The minimum Gasteiger partial charge on any atom is -0.504 e. The number of aromatic hydroxyl groups is 2. The molecule has 2 aromatic carbocycles. The number of phenols is 2. The van der Waals surface area contributed by atoms with E-state index in [1.165, 1.54) is 14.2 Å². The van der Waals surface area contributed by atoms with Crippen molar-refractivity contribution in [1.29, 1.82) is 0 Å². The standard InChI is InChI=1S/C19H24O6/c1-11-12(7-5-4-6-8-14(20)21)9-10-13-15(11)17(23)19(25-3)18(24-2)16(13)22/h9-10,22-23H,4-8H2,1-3H3,(H,20,21). The number of carboxylic acid groups (broad SMARTS) is 1. The van der Waals surface area contributed by atoms with Crippen LogP contribution < -0.4 is 9.47 Å². The molecule has 136 valence electrons. The van der Waals surface area contributed by atoms with Gasteiger partial charge in [-0.15, -0.1) is 0 Å². The van der Waals surface area contributed by atoms with Crippen LogP contribution in [0.15, 0.2) is 12.1 Å². The predicted molar refractivity (Wildman–Crippen MR) is 94.9 cm³/mol. The lowest BCUT2D eigenvalue weighted by Gasteiger charge is -2.17. The minimum absolute atomic E-state index is 0.0580. The van der Waals surface area contributed by atoms with Gasteiger partial charge in [-0.3, -0.25) is 4.79 Å². The van der Waals surface area contributed by atoms with Gasteiger partial charge in [-0.2, -0.15) is 0 Å². The van der Waals surface area contributed by atoms with Gasteiger partial charge in [-0.25, -0.2) is 0 Å². The van der Waals surface area contributed by atoms with Crippen molar-refractivity contribution < 1.29 is 29.6 Å². The smallest absolute Gasteiger partial charge is 0.303 e. The third kappa shape index (κ3) is 3.73. The lowest BCUT2D eigenvalue weighted by Crippen LogP contribution is -1.97. The van der Waals surface area contributed by atoms with Crippen molar-refractivity contribution >= 4 is 16.7 Å². The zero-order chi connectivity index (χ0) is 18.6. The number of hydrogen-bond acceptors (Lipinski definition) is 5. The number of fused-ring (bicyclic) bond motifs is 1. The lowest BCUT2D eigenvalue weighted by atomic mass is 9.94. The Kier molecular flexibility index (Phi) is 5.96. The van der Waals surface area contributed by atoms with Gasteiger partial charge >= 0.3 is 5.97 Å². The molecule has 0 saturated heterocycles. The Bertz CT molecular complexity index is 782. The molecule has 0 fully saturated rings. The Balaban J connectivity index is 2.35. The average Bonchev–Trinajstić information content (AvgIpc) is 2.58. The maximum atomic E-state index is 10.6. The van der Waals surface area contributed by atoms with Crippen LogP contribution in [0.1, 0.15) is 36.8 Å². The second kappa shape index (κ2) is 7.96. The van der Waals surface area contributed by atoms with E-state index in [2.05, 4.69) is 0 Å². The lowest BCUT2D eigenvalue weighted by molar-refractivity contribution is -0.137. The van der Waals surface area contributed by atoms with E-state index in [-0.39, 0.29) is 29.4 Å². The molecule has 6 heteroatoms. The molecule has 0 aromatic heterocycles. The highest BCUT2D eigenvalue weighted by Crippen LogP contribution is 2.51. The number of benzene rings is 2. The van der Waals surface area contributed by atoms with Gasteiger partial charge in [0.15, 0.2) is 11.5 Å². The zero-order valence-corrected chi connectivity index (χ0v) is 14.8. The summed E-state index contributed by atoms with van der Waals surface area (Å²) in [5.74, 6) is -0.688. The third-order valence-corrected chi connectivity index (χ3v) is 4.45. The molecule has 0 amide bonds. The fourth-order valence-corrected chi connectivity index (χ4v) is 3.13. The molecule has 0 unspecified atom stereocenters. The molecular formula is C19H24O6. The van der Waals surface area contributed by atoms with Crippen LogP contribution in [0.25, 0.3) is 10.8 Å². The molecule has 2 aromatic rings. The van der Waals surface area contributed by atoms with Crippen LogP contribution in [0.4, 0.5) is 0 Å². The summed E-state index contributed by atoms with van der Waals surface area (Å²) in [4.78, 5) is 10.5. The van der Waals surface area contributed by atoms with Crippen molar-refractivity contribution in [2.45, 2.75) is 39.0 Å². The van der Waals surface area contributed by atoms with E-state index in [0.29, 0.717) is 17.2 Å². The average molecular weight is 348 g/mol. The Morgan fingerprint density at radius 3 is 2.24 bits per heavy atom. The molecule has 0 heterocycles. The number of ether oxygens (including phenoxy) is 2. The molecular weight excluding hydrogens is 324 g/mol. The van der Waals surface area contributed by atoms with Crippen LogP contribution >= 0.6 is 0 Å². The van der Waals surface area contributed by atoms with E-state index in [0.717, 1.165) is 30.4 Å². The largest absolute Gasteiger partial charge is 0.504 e. The second-order valence-electron chi connectivity index (χ2n) is 5.99. The van der Waals surface area contributed by atoms with E-state index in [9.17, 15) is 15.0 Å². The third-order valence-electron chi connectivity index (χ3n) is 4.45. The molecule has 0 aliphatic rings. The summed E-state index contributed by atoms with van der Waals surface area (Å²) in [6.45, 7) is 1.89. The van der Waals surface area contributed by atoms with Crippen LogP contribution in [-0.2, 0) is 11.2 Å². The summed E-state index contributed by atoms with van der Waals surface area (Å²) in [6, 6.07) is 3.67. The predicted octanol–water partition coefficient (Wildman–Crippen LogP) is 3.76. The summed E-state index contributed by atoms with van der Waals surface area (Å²) >= 11 is 0. The first-order chi connectivity index (χ1) is 11.9.